The molecule has 0 spiro atoms. The molecule has 3 rings (SSSR count). The Balaban J connectivity index is 1.48. The van der Waals surface area contributed by atoms with E-state index in [0.717, 1.165) is 37.4 Å². The maximum Gasteiger partial charge on any atom is 0.220 e. The van der Waals surface area contributed by atoms with Crippen LogP contribution in [0, 0.1) is 0 Å². The van der Waals surface area contributed by atoms with Gasteiger partial charge in [-0.25, -0.2) is 0 Å². The van der Waals surface area contributed by atoms with E-state index in [1.54, 1.807) is 7.11 Å². The molecule has 1 aromatic carbocycles. The maximum atomic E-state index is 12.3. The van der Waals surface area contributed by atoms with Gasteiger partial charge < -0.3 is 14.8 Å². The third-order valence-corrected chi connectivity index (χ3v) is 5.03. The molecule has 1 N–H and O–H groups in total. The van der Waals surface area contributed by atoms with Crippen molar-refractivity contribution < 1.29 is 14.3 Å². The molecule has 2 saturated heterocycles. The number of carbonyl (C=O) groups is 1. The SMILES string of the molecule is COc1cccc(CCC(=O)N[C@H]2COC[C@@H]2N2CCCCC2)c1. The fraction of sp³-hybridized carbons (Fsp3) is 0.632. The monoisotopic (exact) mass is 332 g/mol. The van der Waals surface area contributed by atoms with E-state index >= 15 is 0 Å². The number of benzene rings is 1. The van der Waals surface area contributed by atoms with Crippen LogP contribution in [0.4, 0.5) is 0 Å². The van der Waals surface area contributed by atoms with Gasteiger partial charge in [-0.1, -0.05) is 18.6 Å². The number of nitrogens with one attached hydrogen (secondary N) is 1. The van der Waals surface area contributed by atoms with Crippen molar-refractivity contribution in [2.75, 3.05) is 33.4 Å². The second-order valence-corrected chi connectivity index (χ2v) is 6.73. The van der Waals surface area contributed by atoms with E-state index in [9.17, 15) is 4.79 Å². The van der Waals surface area contributed by atoms with Crippen LogP contribution < -0.4 is 10.1 Å². The number of nitrogens with zero attached hydrogens (tertiary/aromatic N) is 1. The van der Waals surface area contributed by atoms with Crippen LogP contribution in [0.5, 0.6) is 5.75 Å². The zero-order valence-corrected chi connectivity index (χ0v) is 14.5. The molecule has 0 aliphatic carbocycles. The van der Waals surface area contributed by atoms with E-state index in [4.69, 9.17) is 9.47 Å². The van der Waals surface area contributed by atoms with Gasteiger partial charge in [0.05, 0.1) is 32.4 Å². The Kier molecular flexibility index (Phi) is 6.10. The summed E-state index contributed by atoms with van der Waals surface area (Å²) in [4.78, 5) is 14.8. The summed E-state index contributed by atoms with van der Waals surface area (Å²) >= 11 is 0. The average Bonchev–Trinajstić information content (AvgIpc) is 3.09. The summed E-state index contributed by atoms with van der Waals surface area (Å²) in [6.07, 6.45) is 5.06. The van der Waals surface area contributed by atoms with E-state index < -0.39 is 0 Å². The van der Waals surface area contributed by atoms with E-state index in [1.165, 1.54) is 19.3 Å². The summed E-state index contributed by atoms with van der Waals surface area (Å²) in [5, 5.41) is 3.19. The molecule has 2 atom stereocenters. The Morgan fingerprint density at radius 1 is 1.29 bits per heavy atom. The smallest absolute Gasteiger partial charge is 0.220 e. The van der Waals surface area contributed by atoms with Crippen LogP contribution >= 0.6 is 0 Å². The van der Waals surface area contributed by atoms with Gasteiger partial charge >= 0.3 is 0 Å². The molecule has 5 nitrogen and oxygen atoms in total. The third kappa shape index (κ3) is 4.48. The van der Waals surface area contributed by atoms with Crippen LogP contribution in [0.25, 0.3) is 0 Å². The number of aryl methyl sites for hydroxylation is 1. The van der Waals surface area contributed by atoms with Gasteiger partial charge in [0, 0.05) is 6.42 Å². The second-order valence-electron chi connectivity index (χ2n) is 6.73. The summed E-state index contributed by atoms with van der Waals surface area (Å²) in [5.41, 5.74) is 1.12. The highest BCUT2D eigenvalue weighted by atomic mass is 16.5. The first-order chi connectivity index (χ1) is 11.8. The van der Waals surface area contributed by atoms with Crippen molar-refractivity contribution in [1.82, 2.24) is 10.2 Å². The summed E-state index contributed by atoms with van der Waals surface area (Å²) < 4.78 is 10.9. The number of rotatable bonds is 6. The third-order valence-electron chi connectivity index (χ3n) is 5.03. The molecule has 132 valence electrons. The van der Waals surface area contributed by atoms with Gasteiger partial charge in [-0.15, -0.1) is 0 Å². The van der Waals surface area contributed by atoms with Crippen molar-refractivity contribution in [2.24, 2.45) is 0 Å². The lowest BCUT2D eigenvalue weighted by molar-refractivity contribution is -0.122. The molecular formula is C19H28N2O3. The molecule has 0 radical (unpaired) electrons. The van der Waals surface area contributed by atoms with Crippen molar-refractivity contribution in [3.63, 3.8) is 0 Å². The zero-order valence-electron chi connectivity index (χ0n) is 14.5. The van der Waals surface area contributed by atoms with E-state index in [-0.39, 0.29) is 11.9 Å². The number of hydrogen-bond acceptors (Lipinski definition) is 4. The predicted octanol–water partition coefficient (Wildman–Crippen LogP) is 2.00. The number of methoxy groups -OCH3 is 1. The van der Waals surface area contributed by atoms with E-state index in [2.05, 4.69) is 10.2 Å². The standard InChI is InChI=1S/C19H28N2O3/c1-23-16-7-5-6-15(12-16)8-9-19(22)20-17-13-24-14-18(17)21-10-3-2-4-11-21/h5-7,12,17-18H,2-4,8-11,13-14H2,1H3,(H,20,22)/t17-,18-/m0/s1. The highest BCUT2D eigenvalue weighted by molar-refractivity contribution is 5.76. The predicted molar refractivity (Wildman–Crippen MR) is 93.3 cm³/mol. The van der Waals surface area contributed by atoms with Gasteiger partial charge in [0.1, 0.15) is 5.75 Å². The van der Waals surface area contributed by atoms with Gasteiger partial charge in [-0.2, -0.15) is 0 Å². The quantitative estimate of drug-likeness (QED) is 0.866. The fourth-order valence-corrected chi connectivity index (χ4v) is 3.66. The van der Waals surface area contributed by atoms with Gasteiger partial charge in [0.15, 0.2) is 0 Å². The number of likely N-dealkylation sites (tertiary alicyclic amines) is 1. The van der Waals surface area contributed by atoms with Gasteiger partial charge in [-0.05, 0) is 50.0 Å². The summed E-state index contributed by atoms with van der Waals surface area (Å²) in [6, 6.07) is 8.37. The number of ether oxygens (including phenoxy) is 2. The second kappa shape index (κ2) is 8.49. The molecule has 24 heavy (non-hydrogen) atoms. The summed E-state index contributed by atoms with van der Waals surface area (Å²) in [7, 11) is 1.66. The molecule has 0 saturated carbocycles. The minimum atomic E-state index is 0.107. The zero-order chi connectivity index (χ0) is 16.8. The summed E-state index contributed by atoms with van der Waals surface area (Å²) in [6.45, 7) is 3.63. The van der Waals surface area contributed by atoms with Crippen molar-refractivity contribution in [3.05, 3.63) is 29.8 Å². The topological polar surface area (TPSA) is 50.8 Å². The molecule has 0 aromatic heterocycles. The van der Waals surface area contributed by atoms with Crippen LogP contribution in [0.1, 0.15) is 31.2 Å². The summed E-state index contributed by atoms with van der Waals surface area (Å²) in [5.74, 6) is 0.942. The fourth-order valence-electron chi connectivity index (χ4n) is 3.66. The highest BCUT2D eigenvalue weighted by Gasteiger charge is 2.34. The molecule has 0 bridgehead atoms. The van der Waals surface area contributed by atoms with E-state index in [1.807, 2.05) is 24.3 Å². The number of hydrogen-bond donors (Lipinski definition) is 1. The molecule has 2 heterocycles. The maximum absolute atomic E-state index is 12.3. The largest absolute Gasteiger partial charge is 0.497 e. The normalized spacial score (nSPS) is 24.7. The van der Waals surface area contributed by atoms with Crippen molar-refractivity contribution >= 4 is 5.91 Å². The van der Waals surface area contributed by atoms with Crippen molar-refractivity contribution in [2.45, 2.75) is 44.2 Å². The number of piperidine rings is 1. The van der Waals surface area contributed by atoms with Gasteiger partial charge in [0.2, 0.25) is 5.91 Å². The minimum absolute atomic E-state index is 0.107. The lowest BCUT2D eigenvalue weighted by atomic mass is 10.0. The highest BCUT2D eigenvalue weighted by Crippen LogP contribution is 2.19. The van der Waals surface area contributed by atoms with Gasteiger partial charge in [-0.3, -0.25) is 9.69 Å². The molecule has 2 fully saturated rings. The Bertz CT molecular complexity index is 543. The molecule has 1 aromatic rings. The van der Waals surface area contributed by atoms with Gasteiger partial charge in [0.25, 0.3) is 0 Å². The van der Waals surface area contributed by atoms with Crippen LogP contribution in [-0.2, 0) is 16.0 Å². The Hall–Kier alpha value is -1.59. The molecule has 0 unspecified atom stereocenters. The van der Waals surface area contributed by atoms with Crippen LogP contribution in [0.2, 0.25) is 0 Å². The molecule has 2 aliphatic heterocycles. The van der Waals surface area contributed by atoms with E-state index in [0.29, 0.717) is 19.1 Å². The Labute approximate surface area is 144 Å². The minimum Gasteiger partial charge on any atom is -0.497 e. The van der Waals surface area contributed by atoms with Crippen LogP contribution in [-0.4, -0.2) is 56.3 Å². The van der Waals surface area contributed by atoms with Crippen molar-refractivity contribution in [1.29, 1.82) is 0 Å². The Morgan fingerprint density at radius 2 is 2.12 bits per heavy atom. The molecule has 2 aliphatic rings. The molecule has 1 amide bonds. The first kappa shape index (κ1) is 17.2. The average molecular weight is 332 g/mol. The lowest BCUT2D eigenvalue weighted by Gasteiger charge is -2.34. The first-order valence-corrected chi connectivity index (χ1v) is 9.00. The Morgan fingerprint density at radius 3 is 2.92 bits per heavy atom. The van der Waals surface area contributed by atoms with Crippen molar-refractivity contribution in [3.8, 4) is 5.75 Å². The lowest BCUT2D eigenvalue weighted by Crippen LogP contribution is -2.52. The molecular weight excluding hydrogens is 304 g/mol. The number of carbonyl (C=O) groups excluding carboxylic acids is 1. The first-order valence-electron chi connectivity index (χ1n) is 9.00. The number of amides is 1. The molecule has 5 heteroatoms. The van der Waals surface area contributed by atoms with Crippen LogP contribution in [0.3, 0.4) is 0 Å². The van der Waals surface area contributed by atoms with Crippen LogP contribution in [0.15, 0.2) is 24.3 Å².